The summed E-state index contributed by atoms with van der Waals surface area (Å²) in [6.07, 6.45) is 0.973. The zero-order valence-corrected chi connectivity index (χ0v) is 16.7. The van der Waals surface area contributed by atoms with Crippen molar-refractivity contribution in [2.75, 3.05) is 45.3 Å². The van der Waals surface area contributed by atoms with Crippen LogP contribution in [0.1, 0.15) is 12.0 Å². The molecule has 0 aliphatic carbocycles. The summed E-state index contributed by atoms with van der Waals surface area (Å²) in [5.41, 5.74) is 2.03. The predicted octanol–water partition coefficient (Wildman–Crippen LogP) is 2.89. The van der Waals surface area contributed by atoms with Gasteiger partial charge in [0, 0.05) is 56.5 Å². The third-order valence-electron chi connectivity index (χ3n) is 5.14. The van der Waals surface area contributed by atoms with Crippen molar-refractivity contribution in [3.63, 3.8) is 0 Å². The molecular weight excluding hydrogens is 374 g/mol. The van der Waals surface area contributed by atoms with Gasteiger partial charge in [-0.1, -0.05) is 12.1 Å². The highest BCUT2D eigenvalue weighted by molar-refractivity contribution is 5.77. The van der Waals surface area contributed by atoms with Gasteiger partial charge >= 0.3 is 0 Å². The normalized spacial score (nSPS) is 13.9. The minimum absolute atomic E-state index is 0.0614. The largest absolute Gasteiger partial charge is 0.493 e. The summed E-state index contributed by atoms with van der Waals surface area (Å²) in [7, 11) is 3.22. The Balaban J connectivity index is 1.51. The molecule has 3 rings (SSSR count). The number of rotatable bonds is 7. The van der Waals surface area contributed by atoms with Gasteiger partial charge in [-0.05, 0) is 24.1 Å². The Morgan fingerprint density at radius 1 is 1.00 bits per heavy atom. The quantitative estimate of drug-likeness (QED) is 0.526. The standard InChI is InChI=1S/C21H25N3O5/c1-28-19-9-8-18(15-20(19)29-2)22-11-13-23(14-12-22)21(25)10-5-16-3-6-17(7-4-16)24(26)27/h3-4,6-9,15H,5,10-14H2,1-2H3. The number of benzene rings is 2. The van der Waals surface area contributed by atoms with Gasteiger partial charge in [-0.15, -0.1) is 0 Å². The lowest BCUT2D eigenvalue weighted by atomic mass is 10.1. The smallest absolute Gasteiger partial charge is 0.269 e. The molecule has 1 aliphatic heterocycles. The molecule has 0 N–H and O–H groups in total. The number of methoxy groups -OCH3 is 2. The number of amides is 1. The van der Waals surface area contributed by atoms with Crippen LogP contribution in [0.4, 0.5) is 11.4 Å². The van der Waals surface area contributed by atoms with Crippen LogP contribution in [-0.4, -0.2) is 56.1 Å². The molecule has 8 heteroatoms. The summed E-state index contributed by atoms with van der Waals surface area (Å²) in [4.78, 5) is 26.9. The topological polar surface area (TPSA) is 85.2 Å². The molecule has 154 valence electrons. The maximum atomic E-state index is 12.5. The van der Waals surface area contributed by atoms with E-state index < -0.39 is 4.92 Å². The van der Waals surface area contributed by atoms with E-state index in [0.717, 1.165) is 24.3 Å². The molecule has 0 radical (unpaired) electrons. The molecule has 0 unspecified atom stereocenters. The third-order valence-corrected chi connectivity index (χ3v) is 5.14. The first-order valence-corrected chi connectivity index (χ1v) is 9.50. The Bertz CT molecular complexity index is 861. The minimum Gasteiger partial charge on any atom is -0.493 e. The summed E-state index contributed by atoms with van der Waals surface area (Å²) < 4.78 is 10.6. The highest BCUT2D eigenvalue weighted by atomic mass is 16.6. The molecule has 0 spiro atoms. The van der Waals surface area contributed by atoms with E-state index in [2.05, 4.69) is 4.90 Å². The van der Waals surface area contributed by atoms with Crippen molar-refractivity contribution in [3.05, 3.63) is 58.1 Å². The fraction of sp³-hybridized carbons (Fsp3) is 0.381. The second-order valence-electron chi connectivity index (χ2n) is 6.83. The average molecular weight is 399 g/mol. The van der Waals surface area contributed by atoms with Gasteiger partial charge in [0.2, 0.25) is 5.91 Å². The van der Waals surface area contributed by atoms with E-state index in [4.69, 9.17) is 9.47 Å². The Morgan fingerprint density at radius 2 is 1.66 bits per heavy atom. The summed E-state index contributed by atoms with van der Waals surface area (Å²) in [6, 6.07) is 12.2. The Hall–Kier alpha value is -3.29. The van der Waals surface area contributed by atoms with E-state index in [9.17, 15) is 14.9 Å². The highest BCUT2D eigenvalue weighted by Crippen LogP contribution is 2.31. The van der Waals surface area contributed by atoms with Gasteiger partial charge in [-0.25, -0.2) is 0 Å². The number of nitrogens with zero attached hydrogens (tertiary/aromatic N) is 3. The first kappa shape index (κ1) is 20.4. The first-order chi connectivity index (χ1) is 14.0. The number of carbonyl (C=O) groups excluding carboxylic acids is 1. The van der Waals surface area contributed by atoms with E-state index in [1.807, 2.05) is 23.1 Å². The number of carbonyl (C=O) groups is 1. The Labute approximate surface area is 169 Å². The molecular formula is C21H25N3O5. The van der Waals surface area contributed by atoms with Gasteiger partial charge in [0.15, 0.2) is 11.5 Å². The number of hydrogen-bond acceptors (Lipinski definition) is 6. The predicted molar refractivity (Wildman–Crippen MR) is 110 cm³/mol. The van der Waals surface area contributed by atoms with Crippen molar-refractivity contribution in [3.8, 4) is 11.5 Å². The third kappa shape index (κ3) is 4.96. The van der Waals surface area contributed by atoms with Crippen LogP contribution >= 0.6 is 0 Å². The van der Waals surface area contributed by atoms with Gasteiger partial charge in [0.05, 0.1) is 19.1 Å². The number of piperazine rings is 1. The number of nitro groups is 1. The summed E-state index contributed by atoms with van der Waals surface area (Å²) in [5.74, 6) is 1.48. The first-order valence-electron chi connectivity index (χ1n) is 9.50. The van der Waals surface area contributed by atoms with Gasteiger partial charge in [0.1, 0.15) is 0 Å². The van der Waals surface area contributed by atoms with Crippen molar-refractivity contribution >= 4 is 17.3 Å². The number of non-ortho nitro benzene ring substituents is 1. The van der Waals surface area contributed by atoms with Crippen LogP contribution in [0.25, 0.3) is 0 Å². The molecule has 0 atom stereocenters. The van der Waals surface area contributed by atoms with E-state index in [-0.39, 0.29) is 11.6 Å². The van der Waals surface area contributed by atoms with Crippen LogP contribution < -0.4 is 14.4 Å². The molecule has 0 aromatic heterocycles. The second-order valence-corrected chi connectivity index (χ2v) is 6.83. The van der Waals surface area contributed by atoms with Crippen LogP contribution in [0.2, 0.25) is 0 Å². The van der Waals surface area contributed by atoms with E-state index in [1.54, 1.807) is 26.4 Å². The molecule has 1 aliphatic rings. The molecule has 2 aromatic rings. The van der Waals surface area contributed by atoms with Crippen LogP contribution in [-0.2, 0) is 11.2 Å². The van der Waals surface area contributed by atoms with Gasteiger partial charge in [-0.3, -0.25) is 14.9 Å². The molecule has 29 heavy (non-hydrogen) atoms. The zero-order chi connectivity index (χ0) is 20.8. The Kier molecular flexibility index (Phi) is 6.54. The molecule has 1 heterocycles. The number of nitro benzene ring substituents is 1. The van der Waals surface area contributed by atoms with Crippen LogP contribution in [0, 0.1) is 10.1 Å². The maximum Gasteiger partial charge on any atom is 0.269 e. The molecule has 1 saturated heterocycles. The monoisotopic (exact) mass is 399 g/mol. The highest BCUT2D eigenvalue weighted by Gasteiger charge is 2.22. The van der Waals surface area contributed by atoms with Crippen molar-refractivity contribution in [1.82, 2.24) is 4.90 Å². The lowest BCUT2D eigenvalue weighted by Crippen LogP contribution is -2.48. The molecule has 1 amide bonds. The lowest BCUT2D eigenvalue weighted by molar-refractivity contribution is -0.384. The molecule has 2 aromatic carbocycles. The number of aryl methyl sites for hydroxylation is 1. The van der Waals surface area contributed by atoms with Gasteiger partial charge in [0.25, 0.3) is 5.69 Å². The zero-order valence-electron chi connectivity index (χ0n) is 16.7. The van der Waals surface area contributed by atoms with Crippen LogP contribution in [0.5, 0.6) is 11.5 Å². The van der Waals surface area contributed by atoms with Gasteiger partial charge < -0.3 is 19.3 Å². The van der Waals surface area contributed by atoms with Crippen LogP contribution in [0.3, 0.4) is 0 Å². The van der Waals surface area contributed by atoms with Crippen LogP contribution in [0.15, 0.2) is 42.5 Å². The number of ether oxygens (including phenoxy) is 2. The SMILES string of the molecule is COc1ccc(N2CCN(C(=O)CCc3ccc([N+](=O)[O-])cc3)CC2)cc1OC. The van der Waals surface area contributed by atoms with E-state index >= 15 is 0 Å². The minimum atomic E-state index is -0.424. The molecule has 0 bridgehead atoms. The number of anilines is 1. The van der Waals surface area contributed by atoms with Crippen molar-refractivity contribution in [2.24, 2.45) is 0 Å². The van der Waals surface area contributed by atoms with Crippen molar-refractivity contribution in [1.29, 1.82) is 0 Å². The number of hydrogen-bond donors (Lipinski definition) is 0. The Morgan fingerprint density at radius 3 is 2.24 bits per heavy atom. The van der Waals surface area contributed by atoms with Gasteiger partial charge in [-0.2, -0.15) is 0 Å². The average Bonchev–Trinajstić information content (AvgIpc) is 2.77. The maximum absolute atomic E-state index is 12.5. The molecule has 0 saturated carbocycles. The van der Waals surface area contributed by atoms with E-state index in [1.165, 1.54) is 12.1 Å². The summed E-state index contributed by atoms with van der Waals surface area (Å²) in [5, 5.41) is 10.7. The van der Waals surface area contributed by atoms with Crippen molar-refractivity contribution < 1.29 is 19.2 Å². The molecule has 1 fully saturated rings. The fourth-order valence-electron chi connectivity index (χ4n) is 3.43. The second kappa shape index (κ2) is 9.27. The lowest BCUT2D eigenvalue weighted by Gasteiger charge is -2.36. The fourth-order valence-corrected chi connectivity index (χ4v) is 3.43. The van der Waals surface area contributed by atoms with E-state index in [0.29, 0.717) is 37.4 Å². The van der Waals surface area contributed by atoms with Crippen molar-refractivity contribution in [2.45, 2.75) is 12.8 Å². The summed E-state index contributed by atoms with van der Waals surface area (Å²) >= 11 is 0. The molecule has 8 nitrogen and oxygen atoms in total. The summed E-state index contributed by atoms with van der Waals surface area (Å²) in [6.45, 7) is 2.82.